The largest absolute Gasteiger partial charge is 0.339 e. The monoisotopic (exact) mass is 378 g/mol. The number of hydrogen-bond acceptors (Lipinski definition) is 3. The zero-order valence-electron chi connectivity index (χ0n) is 14.2. The second-order valence-corrected chi connectivity index (χ2v) is 7.92. The van der Waals surface area contributed by atoms with Gasteiger partial charge < -0.3 is 4.98 Å². The van der Waals surface area contributed by atoms with Gasteiger partial charge in [-0.3, -0.25) is 0 Å². The Kier molecular flexibility index (Phi) is 3.48. The lowest BCUT2D eigenvalue weighted by Gasteiger charge is -2.01. The highest BCUT2D eigenvalue weighted by atomic mass is 35.5. The van der Waals surface area contributed by atoms with Gasteiger partial charge in [-0.25, -0.2) is 4.98 Å². The number of aromatic nitrogens is 4. The lowest BCUT2D eigenvalue weighted by atomic mass is 10.2. The Hall–Kier alpha value is -2.50. The van der Waals surface area contributed by atoms with Crippen LogP contribution in [0.1, 0.15) is 11.3 Å². The van der Waals surface area contributed by atoms with E-state index in [2.05, 4.69) is 36.2 Å². The summed E-state index contributed by atoms with van der Waals surface area (Å²) < 4.78 is 1.90. The smallest absolute Gasteiger partial charge is 0.171 e. The third kappa shape index (κ3) is 2.39. The molecule has 3 heterocycles. The van der Waals surface area contributed by atoms with Gasteiger partial charge in [0.1, 0.15) is 5.65 Å². The van der Waals surface area contributed by atoms with Gasteiger partial charge in [-0.15, -0.1) is 0 Å². The van der Waals surface area contributed by atoms with Crippen molar-refractivity contribution < 1.29 is 0 Å². The van der Waals surface area contributed by atoms with Crippen LogP contribution in [0.15, 0.2) is 58.5 Å². The second-order valence-electron chi connectivity index (χ2n) is 6.40. The molecule has 26 heavy (non-hydrogen) atoms. The molecule has 1 N–H and O–H groups in total. The van der Waals surface area contributed by atoms with Crippen molar-refractivity contribution in [2.45, 2.75) is 23.6 Å². The molecule has 0 bridgehead atoms. The lowest BCUT2D eigenvalue weighted by molar-refractivity contribution is 0.944. The van der Waals surface area contributed by atoms with Crippen molar-refractivity contribution in [2.24, 2.45) is 0 Å². The summed E-state index contributed by atoms with van der Waals surface area (Å²) in [5.41, 5.74) is 5.04. The zero-order chi connectivity index (χ0) is 17.8. The third-order valence-corrected chi connectivity index (χ3v) is 5.96. The molecule has 0 radical (unpaired) electrons. The van der Waals surface area contributed by atoms with Crippen molar-refractivity contribution >= 4 is 50.9 Å². The van der Waals surface area contributed by atoms with Crippen molar-refractivity contribution in [2.75, 3.05) is 0 Å². The van der Waals surface area contributed by atoms with E-state index in [4.69, 9.17) is 21.7 Å². The molecule has 2 aromatic carbocycles. The van der Waals surface area contributed by atoms with E-state index in [0.717, 1.165) is 38.2 Å². The molecular weight excluding hydrogens is 364 g/mol. The summed E-state index contributed by atoms with van der Waals surface area (Å²) in [5.74, 6) is 0. The van der Waals surface area contributed by atoms with E-state index in [1.165, 1.54) is 10.5 Å². The van der Waals surface area contributed by atoms with Crippen LogP contribution in [0.4, 0.5) is 0 Å². The highest BCUT2D eigenvalue weighted by Crippen LogP contribution is 2.35. The van der Waals surface area contributed by atoms with Gasteiger partial charge in [0.2, 0.25) is 0 Å². The molecule has 0 aliphatic carbocycles. The van der Waals surface area contributed by atoms with Crippen LogP contribution in [0.2, 0.25) is 5.02 Å². The van der Waals surface area contributed by atoms with Crippen molar-refractivity contribution in [3.05, 3.63) is 64.9 Å². The molecule has 0 saturated carbocycles. The Morgan fingerprint density at radius 1 is 1.04 bits per heavy atom. The van der Waals surface area contributed by atoms with Gasteiger partial charge in [-0.05, 0) is 44.2 Å². The molecule has 0 unspecified atom stereocenters. The van der Waals surface area contributed by atoms with E-state index < -0.39 is 0 Å². The SMILES string of the molecule is Cc1ccc(Sc2c(C)nn3c2ncc2c4cc(Cl)ccc4[nH]c23)cc1. The fourth-order valence-corrected chi connectivity index (χ4v) is 4.31. The first-order valence-corrected chi connectivity index (χ1v) is 9.49. The summed E-state index contributed by atoms with van der Waals surface area (Å²) in [6.07, 6.45) is 1.90. The first-order chi connectivity index (χ1) is 12.6. The van der Waals surface area contributed by atoms with Gasteiger partial charge >= 0.3 is 0 Å². The molecule has 0 amide bonds. The van der Waals surface area contributed by atoms with Crippen LogP contribution in [-0.2, 0) is 0 Å². The molecule has 0 aliphatic heterocycles. The molecule has 0 spiro atoms. The minimum Gasteiger partial charge on any atom is -0.339 e. The summed E-state index contributed by atoms with van der Waals surface area (Å²) in [6, 6.07) is 14.3. The summed E-state index contributed by atoms with van der Waals surface area (Å²) in [6.45, 7) is 4.12. The Bertz CT molecular complexity index is 1280. The van der Waals surface area contributed by atoms with Crippen LogP contribution < -0.4 is 0 Å². The Balaban J connectivity index is 1.73. The highest BCUT2D eigenvalue weighted by molar-refractivity contribution is 7.99. The number of nitrogens with one attached hydrogen (secondary N) is 1. The molecule has 5 rings (SSSR count). The van der Waals surface area contributed by atoms with Crippen molar-refractivity contribution in [1.82, 2.24) is 19.6 Å². The van der Waals surface area contributed by atoms with Gasteiger partial charge in [0.25, 0.3) is 0 Å². The van der Waals surface area contributed by atoms with Crippen LogP contribution in [0.25, 0.3) is 27.6 Å². The minimum absolute atomic E-state index is 0.714. The van der Waals surface area contributed by atoms with Gasteiger partial charge in [0, 0.05) is 32.4 Å². The predicted molar refractivity (Wildman–Crippen MR) is 107 cm³/mol. The number of aryl methyl sites for hydroxylation is 2. The Morgan fingerprint density at radius 3 is 2.65 bits per heavy atom. The quantitative estimate of drug-likeness (QED) is 0.423. The maximum atomic E-state index is 6.16. The lowest BCUT2D eigenvalue weighted by Crippen LogP contribution is -1.92. The van der Waals surface area contributed by atoms with E-state index in [-0.39, 0.29) is 0 Å². The summed E-state index contributed by atoms with van der Waals surface area (Å²) in [4.78, 5) is 10.4. The molecule has 3 aromatic heterocycles. The summed E-state index contributed by atoms with van der Waals surface area (Å²) >= 11 is 7.86. The molecule has 0 fully saturated rings. The van der Waals surface area contributed by atoms with E-state index >= 15 is 0 Å². The van der Waals surface area contributed by atoms with Gasteiger partial charge in [-0.1, -0.05) is 41.1 Å². The molecule has 4 nitrogen and oxygen atoms in total. The van der Waals surface area contributed by atoms with Crippen molar-refractivity contribution in [1.29, 1.82) is 0 Å². The number of rotatable bonds is 2. The van der Waals surface area contributed by atoms with E-state index in [0.29, 0.717) is 5.02 Å². The Morgan fingerprint density at radius 2 is 1.85 bits per heavy atom. The number of fused-ring (bicyclic) bond motifs is 5. The minimum atomic E-state index is 0.714. The zero-order valence-corrected chi connectivity index (χ0v) is 15.8. The topological polar surface area (TPSA) is 46.0 Å². The molecule has 5 aromatic rings. The van der Waals surface area contributed by atoms with Crippen LogP contribution in [0.3, 0.4) is 0 Å². The number of H-pyrrole nitrogens is 1. The Labute approximate surface area is 159 Å². The fraction of sp³-hybridized carbons (Fsp3) is 0.100. The molecule has 0 aliphatic rings. The standard InChI is InChI=1S/C20H15ClN4S/c1-11-3-6-14(7-4-11)26-18-12(2)24-25-19-16(10-22-20(18)25)15-9-13(21)5-8-17(15)23-19/h3-10,23H,1-2H3. The van der Waals surface area contributed by atoms with Crippen LogP contribution in [-0.4, -0.2) is 19.6 Å². The third-order valence-electron chi connectivity index (χ3n) is 4.53. The van der Waals surface area contributed by atoms with Crippen molar-refractivity contribution in [3.8, 4) is 0 Å². The summed E-state index contributed by atoms with van der Waals surface area (Å²) in [7, 11) is 0. The maximum absolute atomic E-state index is 6.16. The van der Waals surface area contributed by atoms with Crippen molar-refractivity contribution in [3.63, 3.8) is 0 Å². The second kappa shape index (κ2) is 5.76. The number of halogens is 1. The molecular formula is C20H15ClN4S. The molecule has 6 heteroatoms. The van der Waals surface area contributed by atoms with E-state index in [1.807, 2.05) is 35.8 Å². The van der Waals surface area contributed by atoms with Crippen LogP contribution >= 0.6 is 23.4 Å². The van der Waals surface area contributed by atoms with E-state index in [9.17, 15) is 0 Å². The van der Waals surface area contributed by atoms with Gasteiger partial charge in [-0.2, -0.15) is 9.61 Å². The molecule has 0 saturated heterocycles. The van der Waals surface area contributed by atoms with E-state index in [1.54, 1.807) is 11.8 Å². The van der Waals surface area contributed by atoms with Crippen LogP contribution in [0, 0.1) is 13.8 Å². The average Bonchev–Trinajstić information content (AvgIpc) is 3.15. The first-order valence-electron chi connectivity index (χ1n) is 8.30. The summed E-state index contributed by atoms with van der Waals surface area (Å²) in [5, 5.41) is 7.53. The van der Waals surface area contributed by atoms with Crippen LogP contribution in [0.5, 0.6) is 0 Å². The normalized spacial score (nSPS) is 11.8. The fourth-order valence-electron chi connectivity index (χ4n) is 3.21. The number of nitrogens with zero attached hydrogens (tertiary/aromatic N) is 3. The maximum Gasteiger partial charge on any atom is 0.171 e. The number of benzene rings is 2. The molecule has 0 atom stereocenters. The first kappa shape index (κ1) is 15.7. The number of hydrogen-bond donors (Lipinski definition) is 1. The average molecular weight is 379 g/mol. The van der Waals surface area contributed by atoms with Gasteiger partial charge in [0.05, 0.1) is 10.6 Å². The number of aromatic amines is 1. The predicted octanol–water partition coefficient (Wildman–Crippen LogP) is 5.79. The molecule has 128 valence electrons. The highest BCUT2D eigenvalue weighted by Gasteiger charge is 2.16. The van der Waals surface area contributed by atoms with Gasteiger partial charge in [0.15, 0.2) is 5.65 Å².